The highest BCUT2D eigenvalue weighted by molar-refractivity contribution is 4.39. The van der Waals surface area contributed by atoms with E-state index >= 15 is 0 Å². The van der Waals surface area contributed by atoms with E-state index in [2.05, 4.69) is 36.5 Å². The van der Waals surface area contributed by atoms with E-state index in [0.29, 0.717) is 19.6 Å². The second-order valence-corrected chi connectivity index (χ2v) is 1.64. The lowest BCUT2D eigenvalue weighted by atomic mass is 10.7. The minimum absolute atomic E-state index is 0.409. The Bertz CT molecular complexity index is 160. The minimum Gasteiger partial charge on any atom is -0.305 e. The van der Waals surface area contributed by atoms with Gasteiger partial charge >= 0.3 is 0 Å². The monoisotopic (exact) mass is 172 g/mol. The predicted molar refractivity (Wildman–Crippen MR) is 42.2 cm³/mol. The number of nitrogens with two attached hydrogens (primary N) is 1. The summed E-state index contributed by atoms with van der Waals surface area (Å²) in [6, 6.07) is 0. The van der Waals surface area contributed by atoms with Gasteiger partial charge in [0.25, 0.3) is 0 Å². The summed E-state index contributed by atoms with van der Waals surface area (Å²) in [4.78, 5) is 0. The summed E-state index contributed by atoms with van der Waals surface area (Å²) in [5.74, 6) is 4.74. The fourth-order valence-electron chi connectivity index (χ4n) is 0.343. The zero-order chi connectivity index (χ0) is 9.07. The Morgan fingerprint density at radius 1 is 1.17 bits per heavy atom. The highest BCUT2D eigenvalue weighted by Crippen LogP contribution is 1.79. The SMILES string of the molecule is CCNN=NN=NCCN=NN. The van der Waals surface area contributed by atoms with Gasteiger partial charge in [0, 0.05) is 6.54 Å². The molecule has 3 N–H and O–H groups in total. The van der Waals surface area contributed by atoms with Gasteiger partial charge in [0.1, 0.15) is 0 Å². The standard InChI is InChI=1S/C4H12N8/c1-2-6-10-12-11-8-4-3-7-9-5/h2-4H2,1H3,(H2,5,7)(H,6,8,12). The first-order valence-electron chi connectivity index (χ1n) is 3.47. The Hall–Kier alpha value is -1.60. The van der Waals surface area contributed by atoms with Crippen LogP contribution in [0.3, 0.4) is 0 Å². The molecular formula is C4H12N8. The molecule has 8 nitrogen and oxygen atoms in total. The van der Waals surface area contributed by atoms with Gasteiger partial charge in [-0.15, -0.1) is 0 Å². The van der Waals surface area contributed by atoms with Crippen LogP contribution in [-0.2, 0) is 0 Å². The molecule has 0 heterocycles. The molecule has 0 rings (SSSR count). The van der Waals surface area contributed by atoms with Crippen molar-refractivity contribution in [1.82, 2.24) is 5.43 Å². The second kappa shape index (κ2) is 9.40. The fourth-order valence-corrected chi connectivity index (χ4v) is 0.343. The van der Waals surface area contributed by atoms with Crippen LogP contribution in [0.1, 0.15) is 6.92 Å². The quantitative estimate of drug-likeness (QED) is 0.265. The molecule has 0 atom stereocenters. The average molecular weight is 172 g/mol. The molecule has 0 saturated carbocycles. The molecule has 0 unspecified atom stereocenters. The molecule has 0 aliphatic heterocycles. The van der Waals surface area contributed by atoms with Crippen LogP contribution in [0, 0.1) is 0 Å². The van der Waals surface area contributed by atoms with Crippen molar-refractivity contribution < 1.29 is 0 Å². The van der Waals surface area contributed by atoms with Gasteiger partial charge in [-0.2, -0.15) is 10.2 Å². The molecule has 0 bridgehead atoms. The van der Waals surface area contributed by atoms with Gasteiger partial charge in [0.05, 0.1) is 13.1 Å². The number of rotatable bonds is 6. The van der Waals surface area contributed by atoms with Crippen LogP contribution < -0.4 is 11.3 Å². The first-order chi connectivity index (χ1) is 5.91. The van der Waals surface area contributed by atoms with E-state index in [9.17, 15) is 0 Å². The molecule has 68 valence electrons. The fraction of sp³-hybridized carbons (Fsp3) is 1.00. The van der Waals surface area contributed by atoms with Crippen molar-refractivity contribution in [2.75, 3.05) is 19.6 Å². The van der Waals surface area contributed by atoms with Crippen LogP contribution in [-0.4, -0.2) is 19.6 Å². The summed E-state index contributed by atoms with van der Waals surface area (Å²) >= 11 is 0. The van der Waals surface area contributed by atoms with Gasteiger partial charge < -0.3 is 5.84 Å². The van der Waals surface area contributed by atoms with E-state index in [1.165, 1.54) is 0 Å². The Kier molecular flexibility index (Phi) is 8.15. The molecule has 0 saturated heterocycles. The Balaban J connectivity index is 3.24. The third-order valence-corrected chi connectivity index (χ3v) is 0.758. The molecular weight excluding hydrogens is 160 g/mol. The Labute approximate surface area is 70.0 Å². The van der Waals surface area contributed by atoms with Crippen LogP contribution in [0.25, 0.3) is 0 Å². The molecule has 0 fully saturated rings. The normalized spacial score (nSPS) is 12.1. The first kappa shape index (κ1) is 10.4. The summed E-state index contributed by atoms with van der Waals surface area (Å²) in [5, 5.41) is 20.2. The smallest absolute Gasteiger partial charge is 0.0836 e. The van der Waals surface area contributed by atoms with Crippen molar-refractivity contribution in [2.24, 2.45) is 37.0 Å². The third-order valence-electron chi connectivity index (χ3n) is 0.758. The minimum atomic E-state index is 0.409. The van der Waals surface area contributed by atoms with Crippen molar-refractivity contribution in [3.05, 3.63) is 0 Å². The lowest BCUT2D eigenvalue weighted by Gasteiger charge is -1.84. The van der Waals surface area contributed by atoms with Crippen molar-refractivity contribution in [3.63, 3.8) is 0 Å². The number of nitrogens with zero attached hydrogens (tertiary/aromatic N) is 6. The molecule has 8 heteroatoms. The van der Waals surface area contributed by atoms with Crippen LogP contribution in [0.5, 0.6) is 0 Å². The molecule has 0 aromatic heterocycles. The zero-order valence-electron chi connectivity index (χ0n) is 6.88. The number of hydrogen-bond acceptors (Lipinski definition) is 4. The Morgan fingerprint density at radius 3 is 2.58 bits per heavy atom. The zero-order valence-corrected chi connectivity index (χ0v) is 6.88. The lowest BCUT2D eigenvalue weighted by Crippen LogP contribution is -2.00. The lowest BCUT2D eigenvalue weighted by molar-refractivity contribution is 0.686. The Morgan fingerprint density at radius 2 is 1.92 bits per heavy atom. The van der Waals surface area contributed by atoms with Gasteiger partial charge in [-0.3, -0.25) is 5.43 Å². The molecule has 0 radical (unpaired) electrons. The average Bonchev–Trinajstić information content (AvgIpc) is 2.10. The summed E-state index contributed by atoms with van der Waals surface area (Å²) < 4.78 is 0. The first-order valence-corrected chi connectivity index (χ1v) is 3.47. The van der Waals surface area contributed by atoms with Crippen molar-refractivity contribution in [3.8, 4) is 0 Å². The molecule has 0 aromatic carbocycles. The topological polar surface area (TPSA) is 112 Å². The highest BCUT2D eigenvalue weighted by atomic mass is 15.6. The van der Waals surface area contributed by atoms with Gasteiger partial charge in [0.2, 0.25) is 0 Å². The van der Waals surface area contributed by atoms with Crippen molar-refractivity contribution in [2.45, 2.75) is 6.92 Å². The van der Waals surface area contributed by atoms with E-state index in [1.54, 1.807) is 0 Å². The molecule has 12 heavy (non-hydrogen) atoms. The molecule has 0 aromatic rings. The van der Waals surface area contributed by atoms with Gasteiger partial charge in [-0.25, -0.2) is 0 Å². The van der Waals surface area contributed by atoms with Crippen LogP contribution in [0.2, 0.25) is 0 Å². The van der Waals surface area contributed by atoms with Crippen molar-refractivity contribution >= 4 is 0 Å². The summed E-state index contributed by atoms with van der Waals surface area (Å²) in [6.45, 7) is 3.43. The predicted octanol–water partition coefficient (Wildman–Crippen LogP) is 0.656. The van der Waals surface area contributed by atoms with E-state index < -0.39 is 0 Å². The van der Waals surface area contributed by atoms with Crippen LogP contribution in [0.15, 0.2) is 31.1 Å². The van der Waals surface area contributed by atoms with E-state index in [-0.39, 0.29) is 0 Å². The largest absolute Gasteiger partial charge is 0.305 e. The van der Waals surface area contributed by atoms with Gasteiger partial charge in [-0.1, -0.05) is 10.4 Å². The second-order valence-electron chi connectivity index (χ2n) is 1.64. The highest BCUT2D eigenvalue weighted by Gasteiger charge is 1.76. The maximum absolute atomic E-state index is 4.74. The van der Waals surface area contributed by atoms with E-state index in [4.69, 9.17) is 5.84 Å². The summed E-state index contributed by atoms with van der Waals surface area (Å²) in [5.41, 5.74) is 2.59. The maximum atomic E-state index is 4.74. The number of nitrogens with one attached hydrogen (secondary N) is 1. The summed E-state index contributed by atoms with van der Waals surface area (Å²) in [7, 11) is 0. The van der Waals surface area contributed by atoms with E-state index in [1.807, 2.05) is 6.92 Å². The van der Waals surface area contributed by atoms with Gasteiger partial charge in [-0.05, 0) is 17.4 Å². The molecule has 0 aliphatic carbocycles. The van der Waals surface area contributed by atoms with Crippen LogP contribution in [0.4, 0.5) is 0 Å². The maximum Gasteiger partial charge on any atom is 0.0836 e. The number of hydrogen-bond donors (Lipinski definition) is 2. The van der Waals surface area contributed by atoms with Crippen molar-refractivity contribution in [1.29, 1.82) is 0 Å². The van der Waals surface area contributed by atoms with Gasteiger partial charge in [0.15, 0.2) is 0 Å². The summed E-state index contributed by atoms with van der Waals surface area (Å²) in [6.07, 6.45) is 0. The molecule has 0 amide bonds. The van der Waals surface area contributed by atoms with Crippen LogP contribution >= 0.6 is 0 Å². The molecule has 0 aliphatic rings. The van der Waals surface area contributed by atoms with E-state index in [0.717, 1.165) is 0 Å². The molecule has 0 spiro atoms. The third kappa shape index (κ3) is 8.40.